The third-order valence-corrected chi connectivity index (χ3v) is 3.80. The van der Waals surface area contributed by atoms with Gasteiger partial charge in [0, 0.05) is 45.2 Å². The second kappa shape index (κ2) is 9.41. The number of hydrogen-bond acceptors (Lipinski definition) is 3. The summed E-state index contributed by atoms with van der Waals surface area (Å²) in [6.07, 6.45) is 4.37. The molecule has 0 saturated carbocycles. The van der Waals surface area contributed by atoms with E-state index < -0.39 is 0 Å². The van der Waals surface area contributed by atoms with E-state index in [1.165, 1.54) is 0 Å². The van der Waals surface area contributed by atoms with Crippen molar-refractivity contribution < 1.29 is 9.59 Å². The lowest BCUT2D eigenvalue weighted by Crippen LogP contribution is -2.42. The monoisotopic (exact) mass is 307 g/mol. The molecule has 1 heterocycles. The van der Waals surface area contributed by atoms with Gasteiger partial charge in [-0.05, 0) is 6.42 Å². The largest absolute Gasteiger partial charge is 0.341 e. The van der Waals surface area contributed by atoms with Crippen LogP contribution >= 0.6 is 0 Å². The summed E-state index contributed by atoms with van der Waals surface area (Å²) in [4.78, 5) is 30.2. The minimum atomic E-state index is 0.0313. The molecule has 1 fully saturated rings. The average molecular weight is 307 g/mol. The number of nitrogens with zero attached hydrogens (tertiary/aromatic N) is 3. The molecule has 0 unspecified atom stereocenters. The van der Waals surface area contributed by atoms with Crippen molar-refractivity contribution in [3.05, 3.63) is 25.3 Å². The third-order valence-electron chi connectivity index (χ3n) is 3.80. The van der Waals surface area contributed by atoms with Crippen molar-refractivity contribution in [2.45, 2.75) is 20.3 Å². The molecule has 1 aliphatic rings. The summed E-state index contributed by atoms with van der Waals surface area (Å²) in [5.41, 5.74) is 0. The van der Waals surface area contributed by atoms with Gasteiger partial charge in [0.1, 0.15) is 0 Å². The summed E-state index contributed by atoms with van der Waals surface area (Å²) in [5, 5.41) is 0. The number of carbonyl (C=O) groups is 2. The predicted molar refractivity (Wildman–Crippen MR) is 89.4 cm³/mol. The minimum absolute atomic E-state index is 0.0313. The zero-order valence-electron chi connectivity index (χ0n) is 14.0. The number of carbonyl (C=O) groups excluding carboxylic acids is 2. The van der Waals surface area contributed by atoms with Gasteiger partial charge < -0.3 is 9.80 Å². The van der Waals surface area contributed by atoms with E-state index in [0.717, 1.165) is 26.1 Å². The van der Waals surface area contributed by atoms with Gasteiger partial charge in [-0.25, -0.2) is 0 Å². The zero-order valence-corrected chi connectivity index (χ0v) is 14.0. The molecule has 0 aromatic carbocycles. The first-order valence-electron chi connectivity index (χ1n) is 8.00. The average Bonchev–Trinajstić information content (AvgIpc) is 2.71. The van der Waals surface area contributed by atoms with Crippen molar-refractivity contribution in [1.29, 1.82) is 0 Å². The van der Waals surface area contributed by atoms with Crippen LogP contribution in [-0.2, 0) is 9.59 Å². The Morgan fingerprint density at radius 1 is 1.09 bits per heavy atom. The van der Waals surface area contributed by atoms with Crippen molar-refractivity contribution in [2.75, 3.05) is 45.8 Å². The quantitative estimate of drug-likeness (QED) is 0.667. The highest BCUT2D eigenvalue weighted by Gasteiger charge is 2.23. The lowest BCUT2D eigenvalue weighted by atomic mass is 10.2. The molecule has 2 amide bonds. The smallest absolute Gasteiger partial charge is 0.237 e. The van der Waals surface area contributed by atoms with Crippen molar-refractivity contribution in [3.8, 4) is 0 Å². The van der Waals surface area contributed by atoms with Crippen LogP contribution in [0.15, 0.2) is 25.3 Å². The molecule has 1 rings (SSSR count). The molecule has 0 atom stereocenters. The molecule has 0 aromatic rings. The molecule has 5 heteroatoms. The summed E-state index contributed by atoms with van der Waals surface area (Å²) in [6.45, 7) is 15.8. The van der Waals surface area contributed by atoms with Crippen molar-refractivity contribution in [1.82, 2.24) is 14.7 Å². The van der Waals surface area contributed by atoms with E-state index in [1.54, 1.807) is 17.1 Å². The maximum Gasteiger partial charge on any atom is 0.237 e. The predicted octanol–water partition coefficient (Wildman–Crippen LogP) is 1.38. The topological polar surface area (TPSA) is 43.9 Å². The summed E-state index contributed by atoms with van der Waals surface area (Å²) in [5.74, 6) is 0.320. The number of amides is 2. The SMILES string of the molecule is C=CCN(CC=C)C(=O)CN1CCCN(C(=O)C(C)C)CC1. The molecule has 0 spiro atoms. The van der Waals surface area contributed by atoms with E-state index >= 15 is 0 Å². The summed E-state index contributed by atoms with van der Waals surface area (Å²) < 4.78 is 0. The van der Waals surface area contributed by atoms with Crippen LogP contribution in [0, 0.1) is 5.92 Å². The Hall–Kier alpha value is -1.62. The Morgan fingerprint density at radius 2 is 1.73 bits per heavy atom. The van der Waals surface area contributed by atoms with Crippen LogP contribution in [0.4, 0.5) is 0 Å². The molecular formula is C17H29N3O2. The van der Waals surface area contributed by atoms with E-state index in [-0.39, 0.29) is 17.7 Å². The van der Waals surface area contributed by atoms with Gasteiger partial charge in [0.25, 0.3) is 0 Å². The van der Waals surface area contributed by atoms with Gasteiger partial charge in [-0.3, -0.25) is 14.5 Å². The second-order valence-electron chi connectivity index (χ2n) is 5.99. The fourth-order valence-corrected chi connectivity index (χ4v) is 2.60. The van der Waals surface area contributed by atoms with Gasteiger partial charge in [0.05, 0.1) is 6.54 Å². The van der Waals surface area contributed by atoms with Gasteiger partial charge in [-0.1, -0.05) is 26.0 Å². The first-order valence-corrected chi connectivity index (χ1v) is 8.00. The van der Waals surface area contributed by atoms with Gasteiger partial charge in [0.2, 0.25) is 11.8 Å². The second-order valence-corrected chi connectivity index (χ2v) is 5.99. The van der Waals surface area contributed by atoms with Crippen molar-refractivity contribution in [3.63, 3.8) is 0 Å². The highest BCUT2D eigenvalue weighted by Crippen LogP contribution is 2.08. The zero-order chi connectivity index (χ0) is 16.5. The Bertz CT molecular complexity index is 397. The van der Waals surface area contributed by atoms with Crippen LogP contribution in [-0.4, -0.2) is 72.3 Å². The molecule has 22 heavy (non-hydrogen) atoms. The maximum atomic E-state index is 12.3. The summed E-state index contributed by atoms with van der Waals surface area (Å²) in [7, 11) is 0. The molecule has 1 aliphatic heterocycles. The molecular weight excluding hydrogens is 278 g/mol. The van der Waals surface area contributed by atoms with E-state index in [2.05, 4.69) is 18.1 Å². The normalized spacial score (nSPS) is 16.2. The molecule has 0 aromatic heterocycles. The maximum absolute atomic E-state index is 12.3. The Labute approximate surface area is 134 Å². The molecule has 124 valence electrons. The van der Waals surface area contributed by atoms with Crippen molar-refractivity contribution >= 4 is 11.8 Å². The van der Waals surface area contributed by atoms with Gasteiger partial charge in [-0.15, -0.1) is 13.2 Å². The molecule has 0 aliphatic carbocycles. The third kappa shape index (κ3) is 5.64. The van der Waals surface area contributed by atoms with Crippen LogP contribution in [0.1, 0.15) is 20.3 Å². The molecule has 1 saturated heterocycles. The van der Waals surface area contributed by atoms with E-state index in [1.807, 2.05) is 18.7 Å². The first kappa shape index (κ1) is 18.4. The van der Waals surface area contributed by atoms with Crippen LogP contribution < -0.4 is 0 Å². The number of rotatable bonds is 7. The first-order chi connectivity index (χ1) is 10.5. The summed E-state index contributed by atoms with van der Waals surface area (Å²) in [6, 6.07) is 0. The fraction of sp³-hybridized carbons (Fsp3) is 0.647. The van der Waals surface area contributed by atoms with Crippen molar-refractivity contribution in [2.24, 2.45) is 5.92 Å². The molecule has 0 N–H and O–H groups in total. The van der Waals surface area contributed by atoms with E-state index in [4.69, 9.17) is 0 Å². The molecule has 0 radical (unpaired) electrons. The lowest BCUT2D eigenvalue weighted by molar-refractivity contribution is -0.134. The van der Waals surface area contributed by atoms with Gasteiger partial charge >= 0.3 is 0 Å². The van der Waals surface area contributed by atoms with Gasteiger partial charge in [0.15, 0.2) is 0 Å². The lowest BCUT2D eigenvalue weighted by Gasteiger charge is -2.25. The Kier molecular flexibility index (Phi) is 7.88. The van der Waals surface area contributed by atoms with Crippen LogP contribution in [0.5, 0.6) is 0 Å². The Morgan fingerprint density at radius 3 is 2.27 bits per heavy atom. The number of hydrogen-bond donors (Lipinski definition) is 0. The fourth-order valence-electron chi connectivity index (χ4n) is 2.60. The van der Waals surface area contributed by atoms with Crippen LogP contribution in [0.2, 0.25) is 0 Å². The Balaban J connectivity index is 2.53. The molecule has 0 bridgehead atoms. The van der Waals surface area contributed by atoms with Gasteiger partial charge in [-0.2, -0.15) is 0 Å². The minimum Gasteiger partial charge on any atom is -0.341 e. The van der Waals surface area contributed by atoms with E-state index in [0.29, 0.717) is 26.2 Å². The highest BCUT2D eigenvalue weighted by atomic mass is 16.2. The molecule has 5 nitrogen and oxygen atoms in total. The van der Waals surface area contributed by atoms with E-state index in [9.17, 15) is 9.59 Å². The standard InChI is InChI=1S/C17H29N3O2/c1-5-8-19(9-6-2)16(21)14-18-10-7-11-20(13-12-18)17(22)15(3)4/h5-6,15H,1-2,7-14H2,3-4H3. The van der Waals surface area contributed by atoms with Crippen LogP contribution in [0.25, 0.3) is 0 Å². The highest BCUT2D eigenvalue weighted by molar-refractivity contribution is 5.79. The van der Waals surface area contributed by atoms with Crippen LogP contribution in [0.3, 0.4) is 0 Å². The summed E-state index contributed by atoms with van der Waals surface area (Å²) >= 11 is 0.